The maximum Gasteiger partial charge on any atom is 0.434 e. The van der Waals surface area contributed by atoms with E-state index in [1.165, 1.54) is 10.6 Å². The van der Waals surface area contributed by atoms with E-state index in [0.717, 1.165) is 29.6 Å². The second-order valence-corrected chi connectivity index (χ2v) is 9.23. The number of thiazole rings is 1. The number of hydrogen-bond acceptors (Lipinski definition) is 5. The third-order valence-corrected chi connectivity index (χ3v) is 6.30. The van der Waals surface area contributed by atoms with Gasteiger partial charge in [0.2, 0.25) is 10.0 Å². The molecule has 1 aromatic heterocycles. The minimum Gasteiger partial charge on any atom is -0.357 e. The number of aliphatic imine (C=N–C) groups is 1. The molecule has 2 N–H and O–H groups in total. The Morgan fingerprint density at radius 1 is 1.37 bits per heavy atom. The van der Waals surface area contributed by atoms with Crippen LogP contribution in [0.2, 0.25) is 0 Å². The van der Waals surface area contributed by atoms with E-state index in [4.69, 9.17) is 0 Å². The van der Waals surface area contributed by atoms with Gasteiger partial charge in [-0.1, -0.05) is 0 Å². The van der Waals surface area contributed by atoms with Gasteiger partial charge in [-0.05, 0) is 25.7 Å². The predicted octanol–water partition coefficient (Wildman–Crippen LogP) is 1.89. The highest BCUT2D eigenvalue weighted by molar-refractivity contribution is 7.88. The Bertz CT molecular complexity index is 741. The normalized spacial score (nSPS) is 17.9. The van der Waals surface area contributed by atoms with Crippen molar-refractivity contribution >= 4 is 27.3 Å². The van der Waals surface area contributed by atoms with E-state index < -0.39 is 21.9 Å². The minimum atomic E-state index is -4.44. The summed E-state index contributed by atoms with van der Waals surface area (Å²) >= 11 is 0.929. The highest BCUT2D eigenvalue weighted by atomic mass is 32.2. The Morgan fingerprint density at radius 3 is 2.56 bits per heavy atom. The van der Waals surface area contributed by atoms with Crippen molar-refractivity contribution in [1.29, 1.82) is 0 Å². The summed E-state index contributed by atoms with van der Waals surface area (Å²) in [5.41, 5.74) is -0.895. The van der Waals surface area contributed by atoms with Gasteiger partial charge in [0.05, 0.1) is 12.8 Å². The average Bonchev–Trinajstić information content (AvgIpc) is 3.06. The van der Waals surface area contributed by atoms with Crippen molar-refractivity contribution < 1.29 is 21.6 Å². The molecule has 0 amide bonds. The van der Waals surface area contributed by atoms with E-state index in [1.54, 1.807) is 0 Å². The van der Waals surface area contributed by atoms with Gasteiger partial charge in [-0.15, -0.1) is 11.3 Å². The molecule has 0 bridgehead atoms. The number of piperidine rings is 1. The van der Waals surface area contributed by atoms with Gasteiger partial charge in [-0.2, -0.15) is 13.2 Å². The van der Waals surface area contributed by atoms with Gasteiger partial charge >= 0.3 is 6.18 Å². The molecule has 12 heteroatoms. The first-order valence-electron chi connectivity index (χ1n) is 8.58. The number of halogens is 3. The van der Waals surface area contributed by atoms with E-state index in [0.29, 0.717) is 43.1 Å². The molecule has 2 rings (SSSR count). The fraction of sp³-hybridized carbons (Fsp3) is 0.733. The fourth-order valence-electron chi connectivity index (χ4n) is 2.69. The van der Waals surface area contributed by atoms with Crippen molar-refractivity contribution in [2.24, 2.45) is 10.9 Å². The SMILES string of the molecule is CCNC(=NCc1nc(C(F)(F)F)cs1)NCC1CCN(S(C)(=O)=O)CC1. The van der Waals surface area contributed by atoms with Crippen LogP contribution in [0.25, 0.3) is 0 Å². The second-order valence-electron chi connectivity index (χ2n) is 6.31. The molecule has 0 aromatic carbocycles. The molecule has 2 heterocycles. The Labute approximate surface area is 161 Å². The summed E-state index contributed by atoms with van der Waals surface area (Å²) in [7, 11) is -3.15. The summed E-state index contributed by atoms with van der Waals surface area (Å²) in [6, 6.07) is 0. The van der Waals surface area contributed by atoms with Crippen LogP contribution in [-0.2, 0) is 22.7 Å². The highest BCUT2D eigenvalue weighted by Gasteiger charge is 2.33. The zero-order valence-corrected chi connectivity index (χ0v) is 16.8. The third kappa shape index (κ3) is 6.92. The monoisotopic (exact) mass is 427 g/mol. The van der Waals surface area contributed by atoms with Gasteiger partial charge in [0.15, 0.2) is 11.7 Å². The highest BCUT2D eigenvalue weighted by Crippen LogP contribution is 2.30. The number of guanidine groups is 1. The third-order valence-electron chi connectivity index (χ3n) is 4.16. The molecule has 0 radical (unpaired) electrons. The summed E-state index contributed by atoms with van der Waals surface area (Å²) in [6.07, 6.45) is -1.73. The molecule has 0 aliphatic carbocycles. The Balaban J connectivity index is 1.86. The van der Waals surface area contributed by atoms with Gasteiger partial charge < -0.3 is 10.6 Å². The summed E-state index contributed by atoms with van der Waals surface area (Å²) < 4.78 is 62.3. The van der Waals surface area contributed by atoms with Gasteiger partial charge in [-0.3, -0.25) is 0 Å². The lowest BCUT2D eigenvalue weighted by Crippen LogP contribution is -2.44. The van der Waals surface area contributed by atoms with Crippen LogP contribution in [0.5, 0.6) is 0 Å². The lowest BCUT2D eigenvalue weighted by atomic mass is 9.98. The smallest absolute Gasteiger partial charge is 0.357 e. The van der Waals surface area contributed by atoms with Crippen molar-refractivity contribution in [1.82, 2.24) is 19.9 Å². The van der Waals surface area contributed by atoms with Crippen LogP contribution in [-0.4, -0.2) is 56.1 Å². The topological polar surface area (TPSA) is 86.7 Å². The van der Waals surface area contributed by atoms with Gasteiger partial charge in [0.25, 0.3) is 0 Å². The first-order valence-corrected chi connectivity index (χ1v) is 11.3. The molecule has 154 valence electrons. The largest absolute Gasteiger partial charge is 0.434 e. The number of alkyl halides is 3. The number of rotatable bonds is 6. The van der Waals surface area contributed by atoms with Gasteiger partial charge in [-0.25, -0.2) is 22.7 Å². The molecule has 1 aliphatic rings. The first kappa shape index (κ1) is 21.9. The molecule has 7 nitrogen and oxygen atoms in total. The number of aromatic nitrogens is 1. The van der Waals surface area contributed by atoms with Crippen LogP contribution < -0.4 is 10.6 Å². The maximum atomic E-state index is 12.6. The summed E-state index contributed by atoms with van der Waals surface area (Å²) in [5, 5.41) is 7.51. The van der Waals surface area contributed by atoms with E-state index >= 15 is 0 Å². The van der Waals surface area contributed by atoms with Crippen LogP contribution in [0.4, 0.5) is 13.2 Å². The first-order chi connectivity index (χ1) is 12.6. The Kier molecular flexibility index (Phi) is 7.46. The molecule has 0 saturated carbocycles. The van der Waals surface area contributed by atoms with Gasteiger partial charge in [0, 0.05) is 31.6 Å². The maximum absolute atomic E-state index is 12.6. The zero-order valence-electron chi connectivity index (χ0n) is 15.2. The van der Waals surface area contributed by atoms with E-state index in [2.05, 4.69) is 20.6 Å². The van der Waals surface area contributed by atoms with Gasteiger partial charge in [0.1, 0.15) is 5.01 Å². The number of nitrogens with zero attached hydrogens (tertiary/aromatic N) is 3. The molecule has 1 aliphatic heterocycles. The second kappa shape index (κ2) is 9.20. The molecule has 0 atom stereocenters. The van der Waals surface area contributed by atoms with Crippen molar-refractivity contribution in [3.8, 4) is 0 Å². The minimum absolute atomic E-state index is 0.0581. The molecule has 0 unspecified atom stereocenters. The average molecular weight is 428 g/mol. The van der Waals surface area contributed by atoms with E-state index in [-0.39, 0.29) is 6.54 Å². The van der Waals surface area contributed by atoms with Crippen LogP contribution in [0.3, 0.4) is 0 Å². The number of nitrogens with one attached hydrogen (secondary N) is 2. The quantitative estimate of drug-likeness (QED) is 0.535. The molecular formula is C15H24F3N5O2S2. The van der Waals surface area contributed by atoms with Crippen molar-refractivity contribution in [2.75, 3.05) is 32.4 Å². The predicted molar refractivity (Wildman–Crippen MR) is 99.1 cm³/mol. The summed E-state index contributed by atoms with van der Waals surface area (Å²) in [4.78, 5) is 7.85. The van der Waals surface area contributed by atoms with E-state index in [9.17, 15) is 21.6 Å². The molecule has 1 aromatic rings. The summed E-state index contributed by atoms with van der Waals surface area (Å²) in [5.74, 6) is 0.815. The van der Waals surface area contributed by atoms with Crippen molar-refractivity contribution in [2.45, 2.75) is 32.5 Å². The summed E-state index contributed by atoms with van der Waals surface area (Å²) in [6.45, 7) is 4.19. The molecule has 0 spiro atoms. The lowest BCUT2D eigenvalue weighted by Gasteiger charge is -2.30. The number of sulfonamides is 1. The van der Waals surface area contributed by atoms with Crippen LogP contribution in [0.15, 0.2) is 10.4 Å². The Hall–Kier alpha value is -1.40. The fourth-order valence-corrected chi connectivity index (χ4v) is 4.29. The lowest BCUT2D eigenvalue weighted by molar-refractivity contribution is -0.140. The molecule has 27 heavy (non-hydrogen) atoms. The van der Waals surface area contributed by atoms with Crippen LogP contribution in [0, 0.1) is 5.92 Å². The zero-order chi connectivity index (χ0) is 20.1. The number of hydrogen-bond donors (Lipinski definition) is 2. The van der Waals surface area contributed by atoms with Crippen LogP contribution >= 0.6 is 11.3 Å². The van der Waals surface area contributed by atoms with E-state index in [1.807, 2.05) is 6.92 Å². The van der Waals surface area contributed by atoms with Crippen molar-refractivity contribution in [3.05, 3.63) is 16.1 Å². The molecular weight excluding hydrogens is 403 g/mol. The van der Waals surface area contributed by atoms with Crippen LogP contribution in [0.1, 0.15) is 30.5 Å². The Morgan fingerprint density at radius 2 is 2.04 bits per heavy atom. The molecule has 1 fully saturated rings. The molecule has 1 saturated heterocycles. The van der Waals surface area contributed by atoms with Crippen molar-refractivity contribution in [3.63, 3.8) is 0 Å². The standard InChI is InChI=1S/C15H24F3N5O2S2/c1-3-19-14(21-9-13-22-12(10-26-13)15(16,17)18)20-8-11-4-6-23(7-5-11)27(2,24)25/h10-11H,3-9H2,1-2H3,(H2,19,20,21).